The zero-order chi connectivity index (χ0) is 25.5. The van der Waals surface area contributed by atoms with Crippen LogP contribution in [0.3, 0.4) is 0 Å². The molecular formula is C25H20F3NO5S. The number of alkyl halides is 3. The van der Waals surface area contributed by atoms with Crippen LogP contribution in [0.15, 0.2) is 59.5 Å². The summed E-state index contributed by atoms with van der Waals surface area (Å²) in [6, 6.07) is 9.32. The lowest BCUT2D eigenvalue weighted by molar-refractivity contribution is -0.137. The van der Waals surface area contributed by atoms with E-state index in [0.717, 1.165) is 22.6 Å². The van der Waals surface area contributed by atoms with Crippen molar-refractivity contribution in [2.75, 3.05) is 19.1 Å². The average Bonchev–Trinajstić information content (AvgIpc) is 3.37. The first-order valence-corrected chi connectivity index (χ1v) is 11.2. The molecule has 0 spiro atoms. The van der Waals surface area contributed by atoms with Crippen LogP contribution < -0.4 is 14.4 Å². The molecular weight excluding hydrogens is 483 g/mol. The number of aliphatic hydroxyl groups excluding tert-OH is 1. The van der Waals surface area contributed by atoms with Gasteiger partial charge in [-0.1, -0.05) is 6.07 Å². The Hall–Kier alpha value is -3.79. The number of hydrogen-bond donors (Lipinski definition) is 1. The first-order valence-electron chi connectivity index (χ1n) is 10.3. The number of amides is 1. The zero-order valence-corrected chi connectivity index (χ0v) is 19.7. The molecule has 0 radical (unpaired) electrons. The number of Topliss-reactive ketones (excluding diaryl/α,β-unsaturated/α-hetero) is 1. The van der Waals surface area contributed by atoms with Crippen molar-refractivity contribution >= 4 is 34.5 Å². The molecule has 0 aliphatic carbocycles. The Morgan fingerprint density at radius 2 is 1.74 bits per heavy atom. The summed E-state index contributed by atoms with van der Waals surface area (Å²) in [5, 5.41) is 13.0. The molecule has 2 aromatic carbocycles. The summed E-state index contributed by atoms with van der Waals surface area (Å²) < 4.78 is 50.6. The molecule has 1 saturated heterocycles. The van der Waals surface area contributed by atoms with Gasteiger partial charge in [-0.2, -0.15) is 13.2 Å². The first kappa shape index (κ1) is 24.3. The van der Waals surface area contributed by atoms with E-state index in [2.05, 4.69) is 0 Å². The van der Waals surface area contributed by atoms with E-state index in [1.807, 2.05) is 0 Å². The number of carbonyl (C=O) groups excluding carboxylic acids is 2. The maximum absolute atomic E-state index is 13.4. The number of hydrogen-bond acceptors (Lipinski definition) is 6. The van der Waals surface area contributed by atoms with Crippen LogP contribution in [0.25, 0.3) is 5.76 Å². The van der Waals surface area contributed by atoms with Gasteiger partial charge in [0, 0.05) is 16.1 Å². The van der Waals surface area contributed by atoms with Gasteiger partial charge in [0.25, 0.3) is 11.7 Å². The number of methoxy groups -OCH3 is 2. The van der Waals surface area contributed by atoms with Crippen molar-refractivity contribution in [3.05, 3.63) is 81.1 Å². The van der Waals surface area contributed by atoms with Crippen molar-refractivity contribution in [3.63, 3.8) is 0 Å². The number of anilines is 1. The van der Waals surface area contributed by atoms with Crippen molar-refractivity contribution < 1.29 is 37.3 Å². The van der Waals surface area contributed by atoms with Crippen molar-refractivity contribution in [2.45, 2.75) is 19.1 Å². The highest BCUT2D eigenvalue weighted by molar-refractivity contribution is 7.10. The molecule has 1 fully saturated rings. The van der Waals surface area contributed by atoms with Crippen LogP contribution in [0.2, 0.25) is 0 Å². The molecule has 1 aliphatic rings. The van der Waals surface area contributed by atoms with Crippen molar-refractivity contribution in [1.29, 1.82) is 0 Å². The van der Waals surface area contributed by atoms with Crippen LogP contribution in [-0.4, -0.2) is 31.0 Å². The minimum Gasteiger partial charge on any atom is -0.507 e. The minimum atomic E-state index is -4.64. The standard InChI is InChI=1S/C25H20F3NO5S/c1-13-9-10-35-23(13)20-19(21(30)14-7-8-17(33-2)18(11-14)34-3)22(31)24(32)29(20)16-6-4-5-15(12-16)25(26,27)28/h4-12,20,30H,1-3H3/b21-19-. The van der Waals surface area contributed by atoms with Gasteiger partial charge in [-0.15, -0.1) is 11.3 Å². The second kappa shape index (κ2) is 9.10. The molecule has 35 heavy (non-hydrogen) atoms. The summed E-state index contributed by atoms with van der Waals surface area (Å²) in [4.78, 5) is 27.9. The number of nitrogens with zero attached hydrogens (tertiary/aromatic N) is 1. The highest BCUT2D eigenvalue weighted by Gasteiger charge is 2.48. The second-order valence-electron chi connectivity index (χ2n) is 7.75. The summed E-state index contributed by atoms with van der Waals surface area (Å²) in [6.45, 7) is 1.76. The molecule has 1 atom stereocenters. The van der Waals surface area contributed by atoms with Crippen LogP contribution in [0.1, 0.15) is 27.6 Å². The van der Waals surface area contributed by atoms with Crippen LogP contribution in [-0.2, 0) is 15.8 Å². The van der Waals surface area contributed by atoms with E-state index >= 15 is 0 Å². The molecule has 4 rings (SSSR count). The largest absolute Gasteiger partial charge is 0.507 e. The van der Waals surface area contributed by atoms with Gasteiger partial charge in [0.1, 0.15) is 11.8 Å². The van der Waals surface area contributed by atoms with E-state index in [0.29, 0.717) is 10.6 Å². The van der Waals surface area contributed by atoms with Gasteiger partial charge in [-0.3, -0.25) is 14.5 Å². The van der Waals surface area contributed by atoms with Crippen LogP contribution in [0, 0.1) is 6.92 Å². The lowest BCUT2D eigenvalue weighted by Gasteiger charge is -2.25. The minimum absolute atomic E-state index is 0.105. The van der Waals surface area contributed by atoms with E-state index in [9.17, 15) is 27.9 Å². The molecule has 1 aliphatic heterocycles. The van der Waals surface area contributed by atoms with Crippen molar-refractivity contribution in [2.24, 2.45) is 0 Å². The van der Waals surface area contributed by atoms with E-state index in [1.165, 1.54) is 55.9 Å². The summed E-state index contributed by atoms with van der Waals surface area (Å²) in [5.41, 5.74) is -0.393. The number of rotatable bonds is 5. The first-order chi connectivity index (χ1) is 16.6. The Morgan fingerprint density at radius 3 is 2.34 bits per heavy atom. The van der Waals surface area contributed by atoms with Gasteiger partial charge in [0.05, 0.1) is 25.4 Å². The van der Waals surface area contributed by atoms with E-state index in [-0.39, 0.29) is 22.6 Å². The Balaban J connectivity index is 1.94. The fourth-order valence-corrected chi connectivity index (χ4v) is 5.01. The molecule has 182 valence electrons. The van der Waals surface area contributed by atoms with Gasteiger partial charge < -0.3 is 14.6 Å². The smallest absolute Gasteiger partial charge is 0.416 e. The fourth-order valence-electron chi connectivity index (χ4n) is 3.98. The van der Waals surface area contributed by atoms with Crippen molar-refractivity contribution in [3.8, 4) is 11.5 Å². The molecule has 10 heteroatoms. The van der Waals surface area contributed by atoms with Gasteiger partial charge in [-0.05, 0) is 60.3 Å². The zero-order valence-electron chi connectivity index (χ0n) is 18.8. The molecule has 0 bridgehead atoms. The normalized spacial score (nSPS) is 17.7. The van der Waals surface area contributed by atoms with Gasteiger partial charge >= 0.3 is 6.18 Å². The number of benzene rings is 2. The number of carbonyl (C=O) groups is 2. The maximum atomic E-state index is 13.4. The Kier molecular flexibility index (Phi) is 6.33. The molecule has 6 nitrogen and oxygen atoms in total. The van der Waals surface area contributed by atoms with Crippen LogP contribution in [0.4, 0.5) is 18.9 Å². The maximum Gasteiger partial charge on any atom is 0.416 e. The summed E-state index contributed by atoms with van der Waals surface area (Å²) in [6.07, 6.45) is -4.64. The highest BCUT2D eigenvalue weighted by atomic mass is 32.1. The Morgan fingerprint density at radius 1 is 1.03 bits per heavy atom. The van der Waals surface area contributed by atoms with Gasteiger partial charge in [0.2, 0.25) is 0 Å². The molecule has 1 amide bonds. The molecule has 1 unspecified atom stereocenters. The highest BCUT2D eigenvalue weighted by Crippen LogP contribution is 2.46. The fraction of sp³-hybridized carbons (Fsp3) is 0.200. The number of aryl methyl sites for hydroxylation is 1. The van der Waals surface area contributed by atoms with E-state index in [4.69, 9.17) is 9.47 Å². The molecule has 3 aromatic rings. The summed E-state index contributed by atoms with van der Waals surface area (Å²) in [5.74, 6) is -1.85. The molecule has 1 aromatic heterocycles. The predicted octanol–water partition coefficient (Wildman–Crippen LogP) is 5.72. The number of aliphatic hydroxyl groups is 1. The lowest BCUT2D eigenvalue weighted by atomic mass is 9.98. The lowest BCUT2D eigenvalue weighted by Crippen LogP contribution is -2.29. The molecule has 0 saturated carbocycles. The van der Waals surface area contributed by atoms with Crippen LogP contribution in [0.5, 0.6) is 11.5 Å². The van der Waals surface area contributed by atoms with Gasteiger partial charge in [0.15, 0.2) is 11.5 Å². The second-order valence-corrected chi connectivity index (χ2v) is 8.70. The molecule has 2 heterocycles. The Labute approximate surface area is 202 Å². The number of halogens is 3. The Bertz CT molecular complexity index is 1340. The van der Waals surface area contributed by atoms with E-state index < -0.39 is 35.2 Å². The summed E-state index contributed by atoms with van der Waals surface area (Å²) >= 11 is 1.23. The quantitative estimate of drug-likeness (QED) is 0.274. The number of thiophene rings is 1. The predicted molar refractivity (Wildman–Crippen MR) is 125 cm³/mol. The van der Waals surface area contributed by atoms with Crippen molar-refractivity contribution in [1.82, 2.24) is 0 Å². The number of ketones is 1. The van der Waals surface area contributed by atoms with E-state index in [1.54, 1.807) is 18.4 Å². The SMILES string of the molecule is COc1ccc(/C(O)=C2/C(=O)C(=O)N(c3cccc(C(F)(F)F)c3)C2c2sccc2C)cc1OC. The monoisotopic (exact) mass is 503 g/mol. The number of ether oxygens (including phenoxy) is 2. The third-order valence-corrected chi connectivity index (χ3v) is 6.77. The summed E-state index contributed by atoms with van der Waals surface area (Å²) in [7, 11) is 2.85. The topological polar surface area (TPSA) is 76.1 Å². The third-order valence-electron chi connectivity index (χ3n) is 5.70. The van der Waals surface area contributed by atoms with Gasteiger partial charge in [-0.25, -0.2) is 0 Å². The third kappa shape index (κ3) is 4.25. The van der Waals surface area contributed by atoms with Crippen LogP contribution >= 0.6 is 11.3 Å². The molecule has 1 N–H and O–H groups in total. The average molecular weight is 503 g/mol.